The second kappa shape index (κ2) is 9.45. The molecule has 8 heteroatoms. The molecule has 1 N–H and O–H groups in total. The van der Waals surface area contributed by atoms with Crippen LogP contribution in [0.1, 0.15) is 32.3 Å². The monoisotopic (exact) mass is 399 g/mol. The molecule has 0 bridgehead atoms. The molecule has 0 fully saturated rings. The maximum absolute atomic E-state index is 13.7. The Morgan fingerprint density at radius 1 is 1.21 bits per heavy atom. The largest absolute Gasteiger partial charge is 0.323 e. The first-order valence-corrected chi connectivity index (χ1v) is 10.1. The number of nitrogens with zero attached hydrogens (tertiary/aromatic N) is 4. The fourth-order valence-corrected chi connectivity index (χ4v) is 3.42. The third-order valence-electron chi connectivity index (χ3n) is 4.22. The minimum Gasteiger partial charge on any atom is -0.323 e. The van der Waals surface area contributed by atoms with Gasteiger partial charge < -0.3 is 5.32 Å². The van der Waals surface area contributed by atoms with Gasteiger partial charge in [0.05, 0.1) is 16.6 Å². The summed E-state index contributed by atoms with van der Waals surface area (Å²) in [5, 5.41) is 14.4. The summed E-state index contributed by atoms with van der Waals surface area (Å²) < 4.78 is 15.3. The number of halogens is 1. The summed E-state index contributed by atoms with van der Waals surface area (Å²) in [6.07, 6.45) is 3.35. The van der Waals surface area contributed by atoms with Crippen LogP contribution in [-0.2, 0) is 11.2 Å². The summed E-state index contributed by atoms with van der Waals surface area (Å²) in [5.41, 5.74) is 2.25. The number of carbonyl (C=O) groups excluding carboxylic acids is 1. The predicted molar refractivity (Wildman–Crippen MR) is 108 cm³/mol. The van der Waals surface area contributed by atoms with Gasteiger partial charge >= 0.3 is 0 Å². The summed E-state index contributed by atoms with van der Waals surface area (Å²) in [5.74, 6) is -0.791. The molecular weight excluding hydrogens is 377 g/mol. The molecule has 0 aliphatic heterocycles. The van der Waals surface area contributed by atoms with Crippen LogP contribution in [0.4, 0.5) is 10.1 Å². The number of aromatic nitrogens is 4. The molecule has 0 aliphatic carbocycles. The van der Waals surface area contributed by atoms with Gasteiger partial charge in [-0.05, 0) is 60.0 Å². The van der Waals surface area contributed by atoms with Gasteiger partial charge in [0.25, 0.3) is 0 Å². The number of aryl methyl sites for hydroxylation is 1. The second-order valence-corrected chi connectivity index (χ2v) is 7.68. The number of unbranched alkanes of at least 4 members (excludes halogenated alkanes) is 1. The molecule has 6 nitrogen and oxygen atoms in total. The van der Waals surface area contributed by atoms with Crippen molar-refractivity contribution in [2.45, 2.75) is 43.5 Å². The fourth-order valence-electron chi connectivity index (χ4n) is 2.61. The summed E-state index contributed by atoms with van der Waals surface area (Å²) >= 11 is 1.22. The third-order valence-corrected chi connectivity index (χ3v) is 5.26. The Kier molecular flexibility index (Phi) is 6.76. The molecule has 2 aromatic carbocycles. The molecule has 0 saturated carbocycles. The highest BCUT2D eigenvalue weighted by molar-refractivity contribution is 8.00. The number of para-hydroxylation sites is 1. The third kappa shape index (κ3) is 4.95. The summed E-state index contributed by atoms with van der Waals surface area (Å²) in [4.78, 5) is 12.4. The average Bonchev–Trinajstić information content (AvgIpc) is 3.16. The molecular formula is C20H22FN5OS. The van der Waals surface area contributed by atoms with Crippen LogP contribution in [0, 0.1) is 5.82 Å². The van der Waals surface area contributed by atoms with Crippen molar-refractivity contribution in [2.75, 3.05) is 5.32 Å². The highest BCUT2D eigenvalue weighted by atomic mass is 32.2. The minimum absolute atomic E-state index is 0.155. The van der Waals surface area contributed by atoms with Gasteiger partial charge in [-0.25, -0.2) is 4.39 Å². The van der Waals surface area contributed by atoms with E-state index in [1.165, 1.54) is 29.5 Å². The van der Waals surface area contributed by atoms with Crippen molar-refractivity contribution in [3.63, 3.8) is 0 Å². The van der Waals surface area contributed by atoms with Gasteiger partial charge in [-0.2, -0.15) is 4.68 Å². The van der Waals surface area contributed by atoms with Crippen molar-refractivity contribution in [3.05, 3.63) is 59.9 Å². The zero-order chi connectivity index (χ0) is 19.9. The van der Waals surface area contributed by atoms with Crippen LogP contribution in [0.15, 0.2) is 53.7 Å². The maximum atomic E-state index is 13.7. The van der Waals surface area contributed by atoms with Crippen LogP contribution in [0.3, 0.4) is 0 Å². The SMILES string of the molecule is CCCCc1ccc(-n2nnnc2SC(C)C(=O)Nc2ccccc2F)cc1. The lowest BCUT2D eigenvalue weighted by Crippen LogP contribution is -2.23. The van der Waals surface area contributed by atoms with E-state index in [1.807, 2.05) is 12.1 Å². The molecule has 1 amide bonds. The van der Waals surface area contributed by atoms with Crippen LogP contribution in [0.2, 0.25) is 0 Å². The van der Waals surface area contributed by atoms with Gasteiger partial charge in [-0.15, -0.1) is 5.10 Å². The van der Waals surface area contributed by atoms with Crippen molar-refractivity contribution in [3.8, 4) is 5.69 Å². The van der Waals surface area contributed by atoms with Crippen LogP contribution in [0.5, 0.6) is 0 Å². The molecule has 146 valence electrons. The Balaban J connectivity index is 1.68. The van der Waals surface area contributed by atoms with Gasteiger partial charge in [0.1, 0.15) is 5.82 Å². The van der Waals surface area contributed by atoms with Crippen molar-refractivity contribution in [1.82, 2.24) is 20.2 Å². The summed E-state index contributed by atoms with van der Waals surface area (Å²) in [7, 11) is 0. The van der Waals surface area contributed by atoms with E-state index in [-0.39, 0.29) is 11.6 Å². The first kappa shape index (κ1) is 20.0. The van der Waals surface area contributed by atoms with Crippen molar-refractivity contribution < 1.29 is 9.18 Å². The number of hydrogen-bond acceptors (Lipinski definition) is 5. The molecule has 1 unspecified atom stereocenters. The number of rotatable bonds is 8. The molecule has 0 saturated heterocycles. The topological polar surface area (TPSA) is 72.7 Å². The zero-order valence-electron chi connectivity index (χ0n) is 15.8. The van der Waals surface area contributed by atoms with Crippen LogP contribution in [0.25, 0.3) is 5.69 Å². The number of benzene rings is 2. The summed E-state index contributed by atoms with van der Waals surface area (Å²) in [6.45, 7) is 3.90. The Hall–Kier alpha value is -2.74. The van der Waals surface area contributed by atoms with Crippen LogP contribution >= 0.6 is 11.8 Å². The lowest BCUT2D eigenvalue weighted by Gasteiger charge is -2.12. The molecule has 3 aromatic rings. The maximum Gasteiger partial charge on any atom is 0.237 e. The Labute approximate surface area is 167 Å². The molecule has 28 heavy (non-hydrogen) atoms. The minimum atomic E-state index is -0.506. The van der Waals surface area contributed by atoms with Crippen molar-refractivity contribution in [1.29, 1.82) is 0 Å². The van der Waals surface area contributed by atoms with E-state index < -0.39 is 11.1 Å². The number of anilines is 1. The van der Waals surface area contributed by atoms with E-state index in [0.29, 0.717) is 5.16 Å². The van der Waals surface area contributed by atoms with E-state index in [9.17, 15) is 9.18 Å². The summed E-state index contributed by atoms with van der Waals surface area (Å²) in [6, 6.07) is 14.1. The second-order valence-electron chi connectivity index (χ2n) is 6.37. The van der Waals surface area contributed by atoms with E-state index >= 15 is 0 Å². The predicted octanol–water partition coefficient (Wildman–Crippen LogP) is 4.26. The first-order chi connectivity index (χ1) is 13.6. The zero-order valence-corrected chi connectivity index (χ0v) is 16.6. The van der Waals surface area contributed by atoms with Crippen LogP contribution in [-0.4, -0.2) is 31.4 Å². The molecule has 0 radical (unpaired) electrons. The van der Waals surface area contributed by atoms with Gasteiger partial charge in [0, 0.05) is 0 Å². The molecule has 1 atom stereocenters. The Morgan fingerprint density at radius 2 is 1.96 bits per heavy atom. The van der Waals surface area contributed by atoms with Gasteiger partial charge in [0.2, 0.25) is 11.1 Å². The van der Waals surface area contributed by atoms with E-state index in [2.05, 4.69) is 39.9 Å². The van der Waals surface area contributed by atoms with Crippen LogP contribution < -0.4 is 5.32 Å². The van der Waals surface area contributed by atoms with Crippen molar-refractivity contribution in [2.24, 2.45) is 0 Å². The number of carbonyl (C=O) groups is 1. The highest BCUT2D eigenvalue weighted by Gasteiger charge is 2.20. The van der Waals surface area contributed by atoms with E-state index in [4.69, 9.17) is 0 Å². The number of thioether (sulfide) groups is 1. The molecule has 0 spiro atoms. The Morgan fingerprint density at radius 3 is 2.68 bits per heavy atom. The average molecular weight is 399 g/mol. The standard InChI is InChI=1S/C20H22FN5OS/c1-3-4-7-15-10-12-16(13-11-15)26-20(23-24-25-26)28-14(2)19(27)22-18-9-6-5-8-17(18)21/h5-6,8-14H,3-4,7H2,1-2H3,(H,22,27). The van der Waals surface area contributed by atoms with Crippen molar-refractivity contribution >= 4 is 23.4 Å². The lowest BCUT2D eigenvalue weighted by molar-refractivity contribution is -0.115. The van der Waals surface area contributed by atoms with Gasteiger partial charge in [-0.3, -0.25) is 4.79 Å². The first-order valence-electron chi connectivity index (χ1n) is 9.18. The smallest absolute Gasteiger partial charge is 0.237 e. The normalized spacial score (nSPS) is 12.0. The number of amides is 1. The van der Waals surface area contributed by atoms with Gasteiger partial charge in [0.15, 0.2) is 0 Å². The van der Waals surface area contributed by atoms with E-state index in [1.54, 1.807) is 23.7 Å². The number of hydrogen-bond donors (Lipinski definition) is 1. The number of nitrogens with one attached hydrogen (secondary N) is 1. The van der Waals surface area contributed by atoms with Gasteiger partial charge in [-0.1, -0.05) is 49.4 Å². The molecule has 1 heterocycles. The quantitative estimate of drug-likeness (QED) is 0.573. The number of tetrazole rings is 1. The Bertz CT molecular complexity index is 928. The lowest BCUT2D eigenvalue weighted by atomic mass is 10.1. The molecule has 0 aliphatic rings. The molecule has 3 rings (SSSR count). The van der Waals surface area contributed by atoms with E-state index in [0.717, 1.165) is 24.9 Å². The molecule has 1 aromatic heterocycles. The fraction of sp³-hybridized carbons (Fsp3) is 0.300. The highest BCUT2D eigenvalue weighted by Crippen LogP contribution is 2.24.